The first-order valence-corrected chi connectivity index (χ1v) is 8.06. The van der Waals surface area contributed by atoms with E-state index in [0.29, 0.717) is 28.1 Å². The number of hydrogen-bond donors (Lipinski definition) is 2. The molecule has 0 amide bonds. The molecule has 1 unspecified atom stereocenters. The van der Waals surface area contributed by atoms with Gasteiger partial charge in [-0.3, -0.25) is 0 Å². The van der Waals surface area contributed by atoms with Crippen LogP contribution >= 0.6 is 47.2 Å². The van der Waals surface area contributed by atoms with Crippen molar-refractivity contribution in [3.63, 3.8) is 0 Å². The zero-order valence-electron chi connectivity index (χ0n) is 13.8. The Bertz CT molecular complexity index is 729. The van der Waals surface area contributed by atoms with Crippen LogP contribution in [0.4, 0.5) is 5.69 Å². The predicted octanol–water partition coefficient (Wildman–Crippen LogP) is 4.81. The molecule has 0 saturated carbocycles. The van der Waals surface area contributed by atoms with E-state index in [1.54, 1.807) is 37.4 Å². The number of aliphatic imine (C=N–C) groups is 1. The SMILES string of the molecule is COc1ccc(NC(N)=NCC(C)Oc2cccc(Cl)c2)cc1Cl.I. The lowest BCUT2D eigenvalue weighted by Gasteiger charge is -2.13. The maximum Gasteiger partial charge on any atom is 0.193 e. The lowest BCUT2D eigenvalue weighted by Crippen LogP contribution is -2.25. The summed E-state index contributed by atoms with van der Waals surface area (Å²) >= 11 is 12.0. The molecule has 1 atom stereocenters. The minimum atomic E-state index is -0.150. The maximum absolute atomic E-state index is 6.07. The van der Waals surface area contributed by atoms with E-state index in [9.17, 15) is 0 Å². The van der Waals surface area contributed by atoms with Crippen molar-refractivity contribution in [1.82, 2.24) is 0 Å². The first-order valence-electron chi connectivity index (χ1n) is 7.30. The average Bonchev–Trinajstić information content (AvgIpc) is 2.53. The number of methoxy groups -OCH3 is 1. The Labute approximate surface area is 174 Å². The molecular weight excluding hydrogens is 476 g/mol. The van der Waals surface area contributed by atoms with Crippen molar-refractivity contribution in [2.75, 3.05) is 19.0 Å². The monoisotopic (exact) mass is 495 g/mol. The topological polar surface area (TPSA) is 68.9 Å². The van der Waals surface area contributed by atoms with Crippen molar-refractivity contribution in [3.8, 4) is 11.5 Å². The first-order chi connectivity index (χ1) is 11.5. The molecule has 0 aliphatic heterocycles. The summed E-state index contributed by atoms with van der Waals surface area (Å²) in [6.07, 6.45) is -0.150. The molecule has 2 aromatic carbocycles. The summed E-state index contributed by atoms with van der Waals surface area (Å²) in [5.41, 5.74) is 6.61. The van der Waals surface area contributed by atoms with E-state index in [2.05, 4.69) is 10.3 Å². The number of halogens is 3. The van der Waals surface area contributed by atoms with Gasteiger partial charge in [0.05, 0.1) is 18.7 Å². The fourth-order valence-electron chi connectivity index (χ4n) is 1.97. The predicted molar refractivity (Wildman–Crippen MR) is 115 cm³/mol. The molecule has 2 rings (SSSR count). The van der Waals surface area contributed by atoms with Gasteiger partial charge in [-0.05, 0) is 43.3 Å². The molecule has 25 heavy (non-hydrogen) atoms. The summed E-state index contributed by atoms with van der Waals surface area (Å²) in [5.74, 6) is 1.57. The highest BCUT2D eigenvalue weighted by Crippen LogP contribution is 2.27. The summed E-state index contributed by atoms with van der Waals surface area (Å²) in [5, 5.41) is 4.09. The number of benzene rings is 2. The van der Waals surface area contributed by atoms with Gasteiger partial charge >= 0.3 is 0 Å². The van der Waals surface area contributed by atoms with Gasteiger partial charge in [-0.25, -0.2) is 4.99 Å². The van der Waals surface area contributed by atoms with Crippen molar-refractivity contribution >= 4 is 58.8 Å². The second kappa shape index (κ2) is 10.6. The van der Waals surface area contributed by atoms with E-state index in [4.69, 9.17) is 38.4 Å². The number of guanidine groups is 1. The van der Waals surface area contributed by atoms with Crippen LogP contribution in [-0.4, -0.2) is 25.7 Å². The molecule has 0 heterocycles. The second-order valence-electron chi connectivity index (χ2n) is 5.09. The van der Waals surface area contributed by atoms with E-state index in [1.165, 1.54) is 0 Å². The highest BCUT2D eigenvalue weighted by atomic mass is 127. The van der Waals surface area contributed by atoms with E-state index in [0.717, 1.165) is 5.69 Å². The molecule has 0 saturated heterocycles. The minimum absolute atomic E-state index is 0. The van der Waals surface area contributed by atoms with Crippen LogP contribution in [0.1, 0.15) is 6.92 Å². The normalized spacial score (nSPS) is 12.1. The molecule has 3 N–H and O–H groups in total. The van der Waals surface area contributed by atoms with Crippen LogP contribution in [0.15, 0.2) is 47.5 Å². The quantitative estimate of drug-likeness (QED) is 0.342. The van der Waals surface area contributed by atoms with Crippen LogP contribution in [0.3, 0.4) is 0 Å². The fraction of sp³-hybridized carbons (Fsp3) is 0.235. The summed E-state index contributed by atoms with van der Waals surface area (Å²) in [6.45, 7) is 2.30. The van der Waals surface area contributed by atoms with E-state index in [-0.39, 0.29) is 36.0 Å². The summed E-state index contributed by atoms with van der Waals surface area (Å²) in [7, 11) is 1.56. The van der Waals surface area contributed by atoms with Gasteiger partial charge in [0.15, 0.2) is 5.96 Å². The standard InChI is InChI=1S/C17H19Cl2N3O2.HI/c1-11(24-14-5-3-4-12(18)8-14)10-21-17(20)22-13-6-7-16(23-2)15(19)9-13;/h3-9,11H,10H2,1-2H3,(H3,20,21,22);1H. The number of nitrogens with two attached hydrogens (primary N) is 1. The lowest BCUT2D eigenvalue weighted by molar-refractivity contribution is 0.230. The number of rotatable bonds is 6. The lowest BCUT2D eigenvalue weighted by atomic mass is 10.3. The smallest absolute Gasteiger partial charge is 0.193 e. The van der Waals surface area contributed by atoms with Gasteiger partial charge in [-0.15, -0.1) is 24.0 Å². The maximum atomic E-state index is 6.07. The van der Waals surface area contributed by atoms with Crippen LogP contribution in [0.5, 0.6) is 11.5 Å². The highest BCUT2D eigenvalue weighted by molar-refractivity contribution is 14.0. The van der Waals surface area contributed by atoms with E-state index >= 15 is 0 Å². The highest BCUT2D eigenvalue weighted by Gasteiger charge is 2.05. The Morgan fingerprint density at radius 1 is 1.24 bits per heavy atom. The fourth-order valence-corrected chi connectivity index (χ4v) is 2.41. The third kappa shape index (κ3) is 7.17. The summed E-state index contributed by atoms with van der Waals surface area (Å²) in [4.78, 5) is 4.26. The molecule has 0 radical (unpaired) electrons. The van der Waals surface area contributed by atoms with Crippen LogP contribution in [-0.2, 0) is 0 Å². The Kier molecular flexibility index (Phi) is 9.16. The molecule has 5 nitrogen and oxygen atoms in total. The molecular formula is C17H20Cl2IN3O2. The number of ether oxygens (including phenoxy) is 2. The van der Waals surface area contributed by atoms with Gasteiger partial charge in [0.2, 0.25) is 0 Å². The number of anilines is 1. The number of nitrogens with zero attached hydrogens (tertiary/aromatic N) is 1. The average molecular weight is 496 g/mol. The van der Waals surface area contributed by atoms with Crippen molar-refractivity contribution in [2.45, 2.75) is 13.0 Å². The molecule has 8 heteroatoms. The Morgan fingerprint density at radius 2 is 2.00 bits per heavy atom. The van der Waals surface area contributed by atoms with Gasteiger partial charge < -0.3 is 20.5 Å². The van der Waals surface area contributed by atoms with Gasteiger partial charge in [0.25, 0.3) is 0 Å². The molecule has 2 aromatic rings. The molecule has 0 aromatic heterocycles. The third-order valence-electron chi connectivity index (χ3n) is 3.08. The zero-order valence-corrected chi connectivity index (χ0v) is 17.7. The molecule has 0 aliphatic rings. The molecule has 0 spiro atoms. The summed E-state index contributed by atoms with van der Waals surface area (Å²) < 4.78 is 10.8. The Balaban J connectivity index is 0.00000312. The first kappa shape index (κ1) is 21.7. The molecule has 136 valence electrons. The molecule has 0 bridgehead atoms. The van der Waals surface area contributed by atoms with Gasteiger partial charge in [-0.1, -0.05) is 29.3 Å². The van der Waals surface area contributed by atoms with Gasteiger partial charge in [0, 0.05) is 10.7 Å². The number of hydrogen-bond acceptors (Lipinski definition) is 3. The van der Waals surface area contributed by atoms with Crippen molar-refractivity contribution in [2.24, 2.45) is 10.7 Å². The van der Waals surface area contributed by atoms with E-state index < -0.39 is 0 Å². The largest absolute Gasteiger partial charge is 0.495 e. The van der Waals surface area contributed by atoms with Crippen LogP contribution in [0, 0.1) is 0 Å². The van der Waals surface area contributed by atoms with Crippen molar-refractivity contribution < 1.29 is 9.47 Å². The minimum Gasteiger partial charge on any atom is -0.495 e. The second-order valence-corrected chi connectivity index (χ2v) is 5.93. The zero-order chi connectivity index (χ0) is 17.5. The van der Waals surface area contributed by atoms with Crippen molar-refractivity contribution in [3.05, 3.63) is 52.5 Å². The van der Waals surface area contributed by atoms with Gasteiger partial charge in [0.1, 0.15) is 17.6 Å². The summed E-state index contributed by atoms with van der Waals surface area (Å²) in [6, 6.07) is 12.5. The molecule has 0 aliphatic carbocycles. The van der Waals surface area contributed by atoms with Crippen LogP contribution in [0.2, 0.25) is 10.0 Å². The van der Waals surface area contributed by atoms with Crippen molar-refractivity contribution in [1.29, 1.82) is 0 Å². The van der Waals surface area contributed by atoms with Crippen LogP contribution in [0.25, 0.3) is 0 Å². The van der Waals surface area contributed by atoms with E-state index in [1.807, 2.05) is 19.1 Å². The number of nitrogens with one attached hydrogen (secondary N) is 1. The van der Waals surface area contributed by atoms with Gasteiger partial charge in [-0.2, -0.15) is 0 Å². The van der Waals surface area contributed by atoms with Crippen LogP contribution < -0.4 is 20.5 Å². The Morgan fingerprint density at radius 3 is 2.64 bits per heavy atom. The molecule has 0 fully saturated rings. The third-order valence-corrected chi connectivity index (χ3v) is 3.61. The Hall–Kier alpha value is -1.38.